The molecule has 0 unspecified atom stereocenters. The molecule has 0 spiro atoms. The van der Waals surface area contributed by atoms with Crippen molar-refractivity contribution in [2.24, 2.45) is 0 Å². The second-order valence-electron chi connectivity index (χ2n) is 9.21. The smallest absolute Gasteiger partial charge is 0.122 e. The topological polar surface area (TPSA) is 18.5 Å². The largest absolute Gasteiger partial charge is 0.490 e. The van der Waals surface area contributed by atoms with E-state index in [2.05, 4.69) is 85.7 Å². The molecule has 0 radical (unpaired) electrons. The number of hydrogen-bond acceptors (Lipinski definition) is 2. The fourth-order valence-electron chi connectivity index (χ4n) is 2.82. The van der Waals surface area contributed by atoms with Crippen molar-refractivity contribution < 1.29 is 9.47 Å². The quantitative estimate of drug-likeness (QED) is 0.582. The van der Waals surface area contributed by atoms with Gasteiger partial charge in [-0.3, -0.25) is 0 Å². The highest BCUT2D eigenvalue weighted by Crippen LogP contribution is 2.32. The first-order valence-corrected chi connectivity index (χ1v) is 9.46. The zero-order chi connectivity index (χ0) is 19.5. The van der Waals surface area contributed by atoms with Gasteiger partial charge < -0.3 is 9.47 Å². The van der Waals surface area contributed by atoms with Crippen molar-refractivity contribution in [3.63, 3.8) is 0 Å². The maximum Gasteiger partial charge on any atom is 0.122 e. The van der Waals surface area contributed by atoms with E-state index in [-0.39, 0.29) is 10.8 Å². The van der Waals surface area contributed by atoms with Crippen LogP contribution in [0.15, 0.2) is 36.4 Å². The first kappa shape index (κ1) is 20.4. The highest BCUT2D eigenvalue weighted by atomic mass is 16.5. The molecule has 0 aromatic heterocycles. The molecular weight excluding hydrogens is 320 g/mol. The van der Waals surface area contributed by atoms with E-state index < -0.39 is 0 Å². The van der Waals surface area contributed by atoms with Crippen molar-refractivity contribution in [1.29, 1.82) is 0 Å². The Morgan fingerprint density at radius 1 is 0.692 bits per heavy atom. The maximum atomic E-state index is 6.04. The van der Waals surface area contributed by atoms with Crippen LogP contribution in [0.1, 0.15) is 63.8 Å². The summed E-state index contributed by atoms with van der Waals surface area (Å²) in [5.41, 5.74) is 5.20. The molecule has 2 nitrogen and oxygen atoms in total. The Morgan fingerprint density at radius 2 is 1.23 bits per heavy atom. The van der Waals surface area contributed by atoms with Crippen molar-refractivity contribution in [2.75, 3.05) is 13.2 Å². The lowest BCUT2D eigenvalue weighted by atomic mass is 9.80. The van der Waals surface area contributed by atoms with E-state index in [1.807, 2.05) is 6.07 Å². The van der Waals surface area contributed by atoms with Gasteiger partial charge in [-0.2, -0.15) is 0 Å². The molecule has 2 heteroatoms. The van der Waals surface area contributed by atoms with Gasteiger partial charge in [-0.1, -0.05) is 65.3 Å². The van der Waals surface area contributed by atoms with E-state index in [0.717, 1.165) is 17.1 Å². The van der Waals surface area contributed by atoms with Gasteiger partial charge in [0.15, 0.2) is 0 Å². The van der Waals surface area contributed by atoms with Crippen molar-refractivity contribution in [2.45, 2.75) is 66.2 Å². The number of ether oxygens (including phenoxy) is 2. The lowest BCUT2D eigenvalue weighted by Crippen LogP contribution is -2.17. The monoisotopic (exact) mass is 354 g/mol. The fraction of sp³-hybridized carbons (Fsp3) is 0.500. The summed E-state index contributed by atoms with van der Waals surface area (Å²) < 4.78 is 11.9. The molecule has 142 valence electrons. The van der Waals surface area contributed by atoms with Crippen LogP contribution in [0.4, 0.5) is 0 Å². The molecule has 0 aliphatic heterocycles. The second kappa shape index (κ2) is 7.73. The molecule has 2 rings (SSSR count). The highest BCUT2D eigenvalue weighted by molar-refractivity contribution is 5.40. The molecule has 0 amide bonds. The van der Waals surface area contributed by atoms with Crippen LogP contribution in [0.2, 0.25) is 0 Å². The first-order valence-electron chi connectivity index (χ1n) is 9.46. The molecule has 0 fully saturated rings. The third-order valence-corrected chi connectivity index (χ3v) is 4.58. The molecule has 0 aliphatic rings. The summed E-state index contributed by atoms with van der Waals surface area (Å²) in [4.78, 5) is 0. The van der Waals surface area contributed by atoms with Crippen LogP contribution in [0.25, 0.3) is 0 Å². The van der Waals surface area contributed by atoms with Crippen LogP contribution in [0.5, 0.6) is 11.5 Å². The zero-order valence-electron chi connectivity index (χ0n) is 17.7. The molecule has 0 bridgehead atoms. The van der Waals surface area contributed by atoms with Crippen molar-refractivity contribution in [3.05, 3.63) is 58.7 Å². The summed E-state index contributed by atoms with van der Waals surface area (Å²) in [6.45, 7) is 18.7. The van der Waals surface area contributed by atoms with Crippen LogP contribution < -0.4 is 9.47 Å². The molecule has 2 aromatic rings. The number of hydrogen-bond donors (Lipinski definition) is 0. The van der Waals surface area contributed by atoms with Gasteiger partial charge in [0.1, 0.15) is 24.7 Å². The molecule has 0 atom stereocenters. The van der Waals surface area contributed by atoms with Crippen LogP contribution >= 0.6 is 0 Å². The minimum Gasteiger partial charge on any atom is -0.490 e. The van der Waals surface area contributed by atoms with E-state index in [9.17, 15) is 0 Å². The van der Waals surface area contributed by atoms with Crippen molar-refractivity contribution in [1.82, 2.24) is 0 Å². The van der Waals surface area contributed by atoms with E-state index in [0.29, 0.717) is 13.2 Å². The molecule has 0 saturated heterocycles. The summed E-state index contributed by atoms with van der Waals surface area (Å²) in [7, 11) is 0. The Kier molecular flexibility index (Phi) is 6.05. The average molecular weight is 355 g/mol. The Bertz CT molecular complexity index is 714. The predicted molar refractivity (Wildman–Crippen MR) is 111 cm³/mol. The van der Waals surface area contributed by atoms with Gasteiger partial charge in [0.25, 0.3) is 0 Å². The van der Waals surface area contributed by atoms with E-state index in [1.54, 1.807) is 0 Å². The summed E-state index contributed by atoms with van der Waals surface area (Å²) in [6.07, 6.45) is 0. The Balaban J connectivity index is 2.06. The highest BCUT2D eigenvalue weighted by Gasteiger charge is 2.20. The standard InChI is InChI=1S/C24H34O2/c1-17-9-10-22(18(2)13-17)26-12-11-25-21-15-19(23(3,4)5)14-20(16-21)24(6,7)8/h9-10,13-16H,11-12H2,1-8H3. The third-order valence-electron chi connectivity index (χ3n) is 4.58. The molecule has 0 N–H and O–H groups in total. The Labute approximate surface area is 159 Å². The summed E-state index contributed by atoms with van der Waals surface area (Å²) in [5, 5.41) is 0. The number of rotatable bonds is 5. The van der Waals surface area contributed by atoms with Gasteiger partial charge in [0, 0.05) is 0 Å². The zero-order valence-corrected chi connectivity index (χ0v) is 17.7. The van der Waals surface area contributed by atoms with E-state index in [1.165, 1.54) is 16.7 Å². The maximum absolute atomic E-state index is 6.04. The lowest BCUT2D eigenvalue weighted by molar-refractivity contribution is 0.216. The fourth-order valence-corrected chi connectivity index (χ4v) is 2.82. The SMILES string of the molecule is Cc1ccc(OCCOc2cc(C(C)(C)C)cc(C(C)(C)C)c2)c(C)c1. The first-order chi connectivity index (χ1) is 12.0. The normalized spacial score (nSPS) is 12.2. The van der Waals surface area contributed by atoms with Crippen molar-refractivity contribution >= 4 is 0 Å². The van der Waals surface area contributed by atoms with Gasteiger partial charge in [-0.25, -0.2) is 0 Å². The molecule has 0 saturated carbocycles. The second-order valence-corrected chi connectivity index (χ2v) is 9.21. The van der Waals surface area contributed by atoms with Gasteiger partial charge in [0.2, 0.25) is 0 Å². The number of benzene rings is 2. The molecule has 0 aliphatic carbocycles. The van der Waals surface area contributed by atoms with Crippen LogP contribution in [0, 0.1) is 13.8 Å². The van der Waals surface area contributed by atoms with Crippen LogP contribution in [-0.2, 0) is 10.8 Å². The summed E-state index contributed by atoms with van der Waals surface area (Å²) in [5.74, 6) is 1.85. The van der Waals surface area contributed by atoms with E-state index in [4.69, 9.17) is 9.47 Å². The Hall–Kier alpha value is -1.96. The average Bonchev–Trinajstić information content (AvgIpc) is 2.51. The van der Waals surface area contributed by atoms with Gasteiger partial charge >= 0.3 is 0 Å². The van der Waals surface area contributed by atoms with Crippen molar-refractivity contribution in [3.8, 4) is 11.5 Å². The van der Waals surface area contributed by atoms with Gasteiger partial charge in [0.05, 0.1) is 0 Å². The van der Waals surface area contributed by atoms with Gasteiger partial charge in [-0.15, -0.1) is 0 Å². The predicted octanol–water partition coefficient (Wildman–Crippen LogP) is 6.36. The minimum absolute atomic E-state index is 0.0921. The lowest BCUT2D eigenvalue weighted by Gasteiger charge is -2.26. The summed E-state index contributed by atoms with van der Waals surface area (Å²) in [6, 6.07) is 12.9. The molecule has 0 heterocycles. The van der Waals surface area contributed by atoms with Gasteiger partial charge in [-0.05, 0) is 59.6 Å². The summed E-state index contributed by atoms with van der Waals surface area (Å²) >= 11 is 0. The third kappa shape index (κ3) is 5.52. The minimum atomic E-state index is 0.0921. The molecule has 26 heavy (non-hydrogen) atoms. The van der Waals surface area contributed by atoms with Crippen LogP contribution in [0.3, 0.4) is 0 Å². The Morgan fingerprint density at radius 3 is 1.73 bits per heavy atom. The molecular formula is C24H34O2. The molecule has 2 aromatic carbocycles. The number of aryl methyl sites for hydroxylation is 2. The van der Waals surface area contributed by atoms with Crippen LogP contribution in [-0.4, -0.2) is 13.2 Å². The van der Waals surface area contributed by atoms with E-state index >= 15 is 0 Å².